The van der Waals surface area contributed by atoms with Crippen LogP contribution >= 0.6 is 43.5 Å². The predicted molar refractivity (Wildman–Crippen MR) is 132 cm³/mol. The molecule has 30 heavy (non-hydrogen) atoms. The molecule has 8 heteroatoms. The van der Waals surface area contributed by atoms with E-state index in [4.69, 9.17) is 16.3 Å². The number of benzene rings is 2. The molecule has 0 aromatic heterocycles. The number of carbonyl (C=O) groups excluding carboxylic acids is 1. The molecule has 1 aliphatic heterocycles. The van der Waals surface area contributed by atoms with Gasteiger partial charge in [-0.3, -0.25) is 4.79 Å². The van der Waals surface area contributed by atoms with Crippen molar-refractivity contribution in [1.82, 2.24) is 4.90 Å². The second-order valence-corrected chi connectivity index (χ2v) is 9.10. The number of rotatable bonds is 6. The molecule has 0 radical (unpaired) electrons. The number of likely N-dealkylation sites (N-methyl/N-ethyl adjacent to an activating group) is 1. The van der Waals surface area contributed by atoms with Gasteiger partial charge in [0.15, 0.2) is 0 Å². The van der Waals surface area contributed by atoms with E-state index in [1.165, 1.54) is 6.08 Å². The van der Waals surface area contributed by atoms with E-state index in [2.05, 4.69) is 53.9 Å². The monoisotopic (exact) mass is 555 g/mol. The second kappa shape index (κ2) is 10.7. The van der Waals surface area contributed by atoms with Crippen molar-refractivity contribution in [3.8, 4) is 5.75 Å². The fraction of sp³-hybridized carbons (Fsp3) is 0.318. The zero-order valence-corrected chi connectivity index (χ0v) is 20.8. The summed E-state index contributed by atoms with van der Waals surface area (Å²) < 4.78 is 7.10. The first-order valence-corrected chi connectivity index (χ1v) is 11.7. The Balaban J connectivity index is 1.66. The molecule has 0 spiro atoms. The third-order valence-corrected chi connectivity index (χ3v) is 6.38. The number of hydrogen-bond donors (Lipinski definition) is 1. The van der Waals surface area contributed by atoms with Gasteiger partial charge in [0, 0.05) is 48.0 Å². The summed E-state index contributed by atoms with van der Waals surface area (Å²) in [5.74, 6) is 0.423. The molecular formula is C22H24Br2ClN3O2. The molecule has 1 N–H and O–H groups in total. The topological polar surface area (TPSA) is 44.8 Å². The van der Waals surface area contributed by atoms with Crippen LogP contribution in [0.15, 0.2) is 45.4 Å². The summed E-state index contributed by atoms with van der Waals surface area (Å²) in [7, 11) is 1.59. The minimum absolute atomic E-state index is 0.242. The molecule has 1 amide bonds. The number of anilines is 2. The highest BCUT2D eigenvalue weighted by atomic mass is 79.9. The van der Waals surface area contributed by atoms with Crippen LogP contribution in [0.2, 0.25) is 5.02 Å². The van der Waals surface area contributed by atoms with Crippen molar-refractivity contribution in [2.24, 2.45) is 0 Å². The summed E-state index contributed by atoms with van der Waals surface area (Å²) in [6.07, 6.45) is 3.19. The van der Waals surface area contributed by atoms with E-state index in [1.807, 2.05) is 24.3 Å². The molecule has 2 aromatic rings. The number of hydrogen-bond acceptors (Lipinski definition) is 4. The van der Waals surface area contributed by atoms with Crippen molar-refractivity contribution in [3.05, 3.63) is 55.9 Å². The van der Waals surface area contributed by atoms with E-state index in [-0.39, 0.29) is 5.91 Å². The maximum atomic E-state index is 12.4. The Hall–Kier alpha value is -1.54. The number of carbonyl (C=O) groups is 1. The zero-order valence-electron chi connectivity index (χ0n) is 16.9. The van der Waals surface area contributed by atoms with E-state index in [0.717, 1.165) is 52.9 Å². The maximum Gasteiger partial charge on any atom is 0.248 e. The SMILES string of the molecule is CCN1CCN(c2ccc(NC(=O)/C=C/c3cc(Br)cc(Br)c3OC)cc2Cl)CC1. The van der Waals surface area contributed by atoms with Crippen LogP contribution in [0.4, 0.5) is 11.4 Å². The molecule has 1 heterocycles. The summed E-state index contributed by atoms with van der Waals surface area (Å²) in [5.41, 5.74) is 2.45. The number of methoxy groups -OCH3 is 1. The van der Waals surface area contributed by atoms with Crippen LogP contribution in [-0.4, -0.2) is 50.6 Å². The molecule has 0 atom stereocenters. The fourth-order valence-electron chi connectivity index (χ4n) is 3.41. The van der Waals surface area contributed by atoms with Crippen molar-refractivity contribution in [2.45, 2.75) is 6.92 Å². The molecule has 3 rings (SSSR count). The van der Waals surface area contributed by atoms with Gasteiger partial charge in [-0.25, -0.2) is 0 Å². The lowest BCUT2D eigenvalue weighted by atomic mass is 10.2. The summed E-state index contributed by atoms with van der Waals surface area (Å²) in [4.78, 5) is 17.1. The van der Waals surface area contributed by atoms with Gasteiger partial charge in [-0.15, -0.1) is 0 Å². The third-order valence-electron chi connectivity index (χ3n) is 5.03. The van der Waals surface area contributed by atoms with Crippen molar-refractivity contribution < 1.29 is 9.53 Å². The minimum atomic E-state index is -0.242. The van der Waals surface area contributed by atoms with Gasteiger partial charge in [0.05, 0.1) is 22.3 Å². The Morgan fingerprint density at radius 1 is 1.20 bits per heavy atom. The summed E-state index contributed by atoms with van der Waals surface area (Å²) in [5, 5.41) is 3.50. The summed E-state index contributed by atoms with van der Waals surface area (Å²) >= 11 is 13.4. The molecule has 0 unspecified atom stereocenters. The molecule has 5 nitrogen and oxygen atoms in total. The van der Waals surface area contributed by atoms with Gasteiger partial charge in [-0.1, -0.05) is 34.5 Å². The summed E-state index contributed by atoms with van der Waals surface area (Å²) in [6.45, 7) is 7.22. The number of nitrogens with zero attached hydrogens (tertiary/aromatic N) is 2. The standard InChI is InChI=1S/C22H24Br2ClN3O2/c1-3-27-8-10-28(11-9-27)20-6-5-17(14-19(20)25)26-21(29)7-4-15-12-16(23)13-18(24)22(15)30-2/h4-7,12-14H,3,8-11H2,1-2H3,(H,26,29)/b7-4+. The average molecular weight is 558 g/mol. The average Bonchev–Trinajstić information content (AvgIpc) is 2.72. The third kappa shape index (κ3) is 5.78. The van der Waals surface area contributed by atoms with Crippen molar-refractivity contribution in [2.75, 3.05) is 50.1 Å². The molecule has 1 fully saturated rings. The van der Waals surface area contributed by atoms with Gasteiger partial charge >= 0.3 is 0 Å². The van der Waals surface area contributed by atoms with Crippen LogP contribution in [0.1, 0.15) is 12.5 Å². The first kappa shape index (κ1) is 23.1. The molecule has 160 valence electrons. The Bertz CT molecular complexity index is 944. The van der Waals surface area contributed by atoms with Gasteiger partial charge in [0.1, 0.15) is 5.75 Å². The lowest BCUT2D eigenvalue weighted by Gasteiger charge is -2.36. The van der Waals surface area contributed by atoms with Crippen molar-refractivity contribution in [3.63, 3.8) is 0 Å². The number of halogens is 3. The molecule has 0 aliphatic carbocycles. The Morgan fingerprint density at radius 2 is 1.93 bits per heavy atom. The van der Waals surface area contributed by atoms with E-state index < -0.39 is 0 Å². The molecule has 1 saturated heterocycles. The zero-order chi connectivity index (χ0) is 21.7. The van der Waals surface area contributed by atoms with E-state index in [1.54, 1.807) is 19.3 Å². The van der Waals surface area contributed by atoms with Crippen LogP contribution < -0.4 is 15.0 Å². The van der Waals surface area contributed by atoms with E-state index in [9.17, 15) is 4.79 Å². The molecule has 1 aliphatic rings. The second-order valence-electron chi connectivity index (χ2n) is 6.92. The first-order valence-electron chi connectivity index (χ1n) is 9.70. The number of nitrogens with one attached hydrogen (secondary N) is 1. The normalized spacial score (nSPS) is 14.9. The van der Waals surface area contributed by atoms with Gasteiger partial charge in [0.2, 0.25) is 5.91 Å². The van der Waals surface area contributed by atoms with Crippen LogP contribution in [0, 0.1) is 0 Å². The number of ether oxygens (including phenoxy) is 1. The number of piperazine rings is 1. The Labute approximate surface area is 199 Å². The Kier molecular flexibility index (Phi) is 8.22. The highest BCUT2D eigenvalue weighted by Gasteiger charge is 2.18. The highest BCUT2D eigenvalue weighted by molar-refractivity contribution is 9.11. The van der Waals surface area contributed by atoms with Gasteiger partial charge in [-0.05, 0) is 58.9 Å². The molecule has 0 saturated carbocycles. The van der Waals surface area contributed by atoms with Gasteiger partial charge < -0.3 is 19.9 Å². The van der Waals surface area contributed by atoms with Crippen molar-refractivity contribution in [1.29, 1.82) is 0 Å². The van der Waals surface area contributed by atoms with E-state index >= 15 is 0 Å². The van der Waals surface area contributed by atoms with E-state index in [0.29, 0.717) is 16.5 Å². The van der Waals surface area contributed by atoms with Gasteiger partial charge in [0.25, 0.3) is 0 Å². The molecule has 0 bridgehead atoms. The largest absolute Gasteiger partial charge is 0.495 e. The maximum absolute atomic E-state index is 12.4. The predicted octanol–water partition coefficient (Wildman–Crippen LogP) is 5.67. The lowest BCUT2D eigenvalue weighted by molar-refractivity contribution is -0.111. The minimum Gasteiger partial charge on any atom is -0.495 e. The smallest absolute Gasteiger partial charge is 0.248 e. The van der Waals surface area contributed by atoms with Crippen LogP contribution in [-0.2, 0) is 4.79 Å². The van der Waals surface area contributed by atoms with Crippen LogP contribution in [0.25, 0.3) is 6.08 Å². The van der Waals surface area contributed by atoms with Crippen LogP contribution in [0.3, 0.4) is 0 Å². The van der Waals surface area contributed by atoms with Gasteiger partial charge in [-0.2, -0.15) is 0 Å². The molecular weight excluding hydrogens is 534 g/mol. The quantitative estimate of drug-likeness (QED) is 0.465. The Morgan fingerprint density at radius 3 is 2.57 bits per heavy atom. The number of amides is 1. The lowest BCUT2D eigenvalue weighted by Crippen LogP contribution is -2.46. The summed E-state index contributed by atoms with van der Waals surface area (Å²) in [6, 6.07) is 9.43. The highest BCUT2D eigenvalue weighted by Crippen LogP contribution is 2.33. The molecule has 2 aromatic carbocycles. The van der Waals surface area contributed by atoms with Crippen molar-refractivity contribution >= 4 is 66.8 Å². The van der Waals surface area contributed by atoms with Crippen LogP contribution in [0.5, 0.6) is 5.75 Å². The first-order chi connectivity index (χ1) is 14.4. The fourth-order valence-corrected chi connectivity index (χ4v) is 5.14.